The number of aromatic nitrogens is 3. The van der Waals surface area contributed by atoms with Crippen LogP contribution < -0.4 is 4.74 Å². The van der Waals surface area contributed by atoms with E-state index in [1.165, 1.54) is 17.3 Å². The highest BCUT2D eigenvalue weighted by atomic mass is 35.5. The lowest BCUT2D eigenvalue weighted by Crippen LogP contribution is -2.47. The van der Waals surface area contributed by atoms with Crippen LogP contribution in [0.5, 0.6) is 6.01 Å². The maximum absolute atomic E-state index is 11.1. The maximum atomic E-state index is 11.1. The van der Waals surface area contributed by atoms with Gasteiger partial charge in [0.15, 0.2) is 0 Å². The van der Waals surface area contributed by atoms with Gasteiger partial charge in [0, 0.05) is 23.6 Å². The van der Waals surface area contributed by atoms with Gasteiger partial charge in [0.05, 0.1) is 6.54 Å². The molecular weight excluding hydrogens is 429 g/mol. The lowest BCUT2D eigenvalue weighted by atomic mass is 9.61. The molecule has 0 spiro atoms. The number of hydrogen-bond donors (Lipinski definition) is 0. The van der Waals surface area contributed by atoms with E-state index >= 15 is 0 Å². The van der Waals surface area contributed by atoms with Gasteiger partial charge in [0.2, 0.25) is 7.41 Å². The molecular formula is C22H22BClN5O3. The number of hydrogen-bond acceptors (Lipinski definition) is 6. The first-order valence-electron chi connectivity index (χ1n) is 10.6. The number of fused-ring (bicyclic) bond motifs is 2. The zero-order valence-corrected chi connectivity index (χ0v) is 18.4. The Labute approximate surface area is 191 Å². The first-order valence-corrected chi connectivity index (χ1v) is 11.0. The average Bonchev–Trinajstić information content (AvgIpc) is 3.30. The van der Waals surface area contributed by atoms with E-state index in [-0.39, 0.29) is 11.6 Å². The molecule has 2 aliphatic heterocycles. The van der Waals surface area contributed by atoms with Gasteiger partial charge in [-0.15, -0.1) is 0 Å². The molecule has 2 atom stereocenters. The van der Waals surface area contributed by atoms with Crippen molar-refractivity contribution < 1.29 is 9.66 Å². The molecule has 2 aliphatic rings. The van der Waals surface area contributed by atoms with Gasteiger partial charge in [-0.25, -0.2) is 4.98 Å². The fraction of sp³-hybridized carbons (Fsp3) is 0.364. The number of pyridine rings is 1. The molecule has 1 aromatic carbocycles. The Morgan fingerprint density at radius 3 is 2.84 bits per heavy atom. The van der Waals surface area contributed by atoms with Gasteiger partial charge >= 0.3 is 11.8 Å². The second-order valence-electron chi connectivity index (χ2n) is 8.59. The Hall–Kier alpha value is -2.91. The Morgan fingerprint density at radius 2 is 2.09 bits per heavy atom. The van der Waals surface area contributed by atoms with Crippen LogP contribution in [0.4, 0.5) is 5.82 Å². The molecule has 5 rings (SSSR count). The summed E-state index contributed by atoms with van der Waals surface area (Å²) < 4.78 is 7.98. The lowest BCUT2D eigenvalue weighted by Gasteiger charge is -2.37. The van der Waals surface area contributed by atoms with Gasteiger partial charge in [-0.3, -0.25) is 4.57 Å². The molecule has 0 fully saturated rings. The predicted molar refractivity (Wildman–Crippen MR) is 121 cm³/mol. The van der Waals surface area contributed by atoms with Crippen LogP contribution in [0.3, 0.4) is 0 Å². The summed E-state index contributed by atoms with van der Waals surface area (Å²) in [5.74, 6) is -0.156. The molecule has 2 aromatic heterocycles. The fourth-order valence-electron chi connectivity index (χ4n) is 4.53. The van der Waals surface area contributed by atoms with E-state index in [9.17, 15) is 10.1 Å². The summed E-state index contributed by atoms with van der Waals surface area (Å²) >= 11 is 6.06. The van der Waals surface area contributed by atoms with Crippen LogP contribution in [0.25, 0.3) is 0 Å². The summed E-state index contributed by atoms with van der Waals surface area (Å²) in [5.41, 5.74) is 2.86. The van der Waals surface area contributed by atoms with E-state index in [0.29, 0.717) is 17.7 Å². The first-order chi connectivity index (χ1) is 15.4. The van der Waals surface area contributed by atoms with Crippen LogP contribution >= 0.6 is 11.6 Å². The van der Waals surface area contributed by atoms with Gasteiger partial charge < -0.3 is 19.7 Å². The monoisotopic (exact) mass is 450 g/mol. The van der Waals surface area contributed by atoms with Crippen LogP contribution in [0, 0.1) is 10.1 Å². The summed E-state index contributed by atoms with van der Waals surface area (Å²) in [5, 5.41) is 11.6. The van der Waals surface area contributed by atoms with Crippen molar-refractivity contribution in [2.24, 2.45) is 0 Å². The van der Waals surface area contributed by atoms with Crippen molar-refractivity contribution in [1.29, 1.82) is 0 Å². The fourth-order valence-corrected chi connectivity index (χ4v) is 4.69. The molecule has 0 saturated heterocycles. The smallest absolute Gasteiger partial charge is 0.414 e. The van der Waals surface area contributed by atoms with Crippen LogP contribution in [-0.2, 0) is 25.9 Å². The van der Waals surface area contributed by atoms with Crippen molar-refractivity contribution >= 4 is 24.8 Å². The van der Waals surface area contributed by atoms with Gasteiger partial charge in [0.1, 0.15) is 17.0 Å². The van der Waals surface area contributed by atoms with Gasteiger partial charge in [-0.2, -0.15) is 0 Å². The quantitative estimate of drug-likeness (QED) is 0.246. The van der Waals surface area contributed by atoms with Gasteiger partial charge in [-0.05, 0) is 47.8 Å². The third kappa shape index (κ3) is 4.10. The van der Waals surface area contributed by atoms with Crippen molar-refractivity contribution in [3.05, 3.63) is 80.7 Å². The highest BCUT2D eigenvalue weighted by molar-refractivity contribution is 6.35. The summed E-state index contributed by atoms with van der Waals surface area (Å²) in [6.07, 6.45) is 3.06. The van der Waals surface area contributed by atoms with E-state index in [0.717, 1.165) is 31.6 Å². The Kier molecular flexibility index (Phi) is 5.39. The first kappa shape index (κ1) is 21.0. The highest BCUT2D eigenvalue weighted by Gasteiger charge is 2.46. The molecule has 0 amide bonds. The predicted octanol–water partition coefficient (Wildman–Crippen LogP) is 3.70. The van der Waals surface area contributed by atoms with Crippen molar-refractivity contribution in [1.82, 2.24) is 19.3 Å². The number of nitro groups is 1. The summed E-state index contributed by atoms with van der Waals surface area (Å²) in [7, 11) is 2.26. The molecule has 163 valence electrons. The molecule has 1 unspecified atom stereocenters. The molecule has 32 heavy (non-hydrogen) atoms. The van der Waals surface area contributed by atoms with Crippen LogP contribution in [0.15, 0.2) is 48.7 Å². The molecule has 1 radical (unpaired) electrons. The van der Waals surface area contributed by atoms with Crippen molar-refractivity contribution in [2.45, 2.75) is 44.3 Å². The summed E-state index contributed by atoms with van der Waals surface area (Å²) in [6.45, 7) is 4.16. The summed E-state index contributed by atoms with van der Waals surface area (Å²) in [6, 6.07) is 14.5. The SMILES string of the molecule is C[C@]1(C([B]N2CCc3nc(Cl)ccc3C2)Cc2ccccc2)Cn2cc([N+](=O)[O-])nc2O1. The Morgan fingerprint density at radius 1 is 1.28 bits per heavy atom. The van der Waals surface area contributed by atoms with E-state index in [2.05, 4.69) is 41.2 Å². The van der Waals surface area contributed by atoms with E-state index in [1.807, 2.05) is 30.3 Å². The van der Waals surface area contributed by atoms with Gasteiger partial charge in [0.25, 0.3) is 0 Å². The minimum atomic E-state index is -0.578. The molecule has 4 heterocycles. The molecule has 10 heteroatoms. The third-order valence-corrected chi connectivity index (χ3v) is 6.45. The van der Waals surface area contributed by atoms with Crippen molar-refractivity contribution in [3.8, 4) is 6.01 Å². The summed E-state index contributed by atoms with van der Waals surface area (Å²) in [4.78, 5) is 21.4. The number of imidazole rings is 1. The minimum absolute atomic E-state index is 0.0347. The van der Waals surface area contributed by atoms with Crippen molar-refractivity contribution in [2.75, 3.05) is 6.54 Å². The van der Waals surface area contributed by atoms with E-state index in [1.54, 1.807) is 4.57 Å². The van der Waals surface area contributed by atoms with Crippen LogP contribution in [0.2, 0.25) is 11.0 Å². The number of ether oxygens (including phenoxy) is 1. The second kappa shape index (κ2) is 8.22. The van der Waals surface area contributed by atoms with Crippen molar-refractivity contribution in [3.63, 3.8) is 0 Å². The topological polar surface area (TPSA) is 86.3 Å². The number of rotatable bonds is 6. The van der Waals surface area contributed by atoms with E-state index < -0.39 is 10.5 Å². The molecule has 0 N–H and O–H groups in total. The number of benzene rings is 1. The van der Waals surface area contributed by atoms with Crippen LogP contribution in [-0.4, -0.2) is 43.8 Å². The maximum Gasteiger partial charge on any atom is 0.414 e. The lowest BCUT2D eigenvalue weighted by molar-refractivity contribution is -0.389. The molecule has 8 nitrogen and oxygen atoms in total. The second-order valence-corrected chi connectivity index (χ2v) is 8.97. The molecule has 3 aromatic rings. The van der Waals surface area contributed by atoms with Crippen LogP contribution in [0.1, 0.15) is 23.7 Å². The number of halogens is 1. The Balaban J connectivity index is 1.38. The Bertz CT molecular complexity index is 1130. The zero-order chi connectivity index (χ0) is 22.3. The minimum Gasteiger partial charge on any atom is -0.438 e. The van der Waals surface area contributed by atoms with Gasteiger partial charge in [-0.1, -0.05) is 48.0 Å². The van der Waals surface area contributed by atoms with E-state index in [4.69, 9.17) is 16.3 Å². The highest BCUT2D eigenvalue weighted by Crippen LogP contribution is 2.40. The zero-order valence-electron chi connectivity index (χ0n) is 17.6. The number of nitrogens with zero attached hydrogens (tertiary/aromatic N) is 5. The molecule has 0 saturated carbocycles. The average molecular weight is 451 g/mol. The largest absolute Gasteiger partial charge is 0.438 e. The molecule has 0 aliphatic carbocycles. The molecule has 0 bridgehead atoms. The third-order valence-electron chi connectivity index (χ3n) is 6.24. The standard InChI is InChI=1S/C22H22BClN5O3/c1-22(14-27-13-20(29(30)31)26-21(27)32-22)18(11-15-5-3-2-4-6-15)23-28-10-9-17-16(12-28)7-8-19(24)25-17/h2-8,13,18H,9-12,14H2,1H3/t18?,22-/m1/s1. The normalized spacial score (nSPS) is 20.8.